The van der Waals surface area contributed by atoms with Gasteiger partial charge in [0, 0.05) is 6.07 Å². The van der Waals surface area contributed by atoms with E-state index in [1.807, 2.05) is 0 Å². The molecule has 3 N–H and O–H groups in total. The number of amides is 2. The van der Waals surface area contributed by atoms with Crippen molar-refractivity contribution in [3.8, 4) is 11.5 Å². The average Bonchev–Trinajstić information content (AvgIpc) is 2.50. The van der Waals surface area contributed by atoms with E-state index in [2.05, 4.69) is 10.6 Å². The third kappa shape index (κ3) is 3.76. The molecule has 23 heavy (non-hydrogen) atoms. The van der Waals surface area contributed by atoms with Gasteiger partial charge in [-0.05, 0) is 25.1 Å². The highest BCUT2D eigenvalue weighted by Crippen LogP contribution is 2.32. The number of aromatic hydroxyl groups is 1. The van der Waals surface area contributed by atoms with Gasteiger partial charge in [-0.1, -0.05) is 12.1 Å². The second-order valence-corrected chi connectivity index (χ2v) is 4.68. The summed E-state index contributed by atoms with van der Waals surface area (Å²) in [6, 6.07) is 7.49. The van der Waals surface area contributed by atoms with Crippen LogP contribution in [0.15, 0.2) is 36.4 Å². The number of carbonyl (C=O) groups excluding carboxylic acids is 2. The Kier molecular flexibility index (Phi) is 4.80. The first-order valence-electron chi connectivity index (χ1n) is 6.67. The Labute approximate surface area is 131 Å². The predicted octanol–water partition coefficient (Wildman–Crippen LogP) is 3.39. The number of anilines is 2. The highest BCUT2D eigenvalue weighted by Gasteiger charge is 2.15. The van der Waals surface area contributed by atoms with Crippen LogP contribution in [0.1, 0.15) is 17.3 Å². The van der Waals surface area contributed by atoms with Crippen molar-refractivity contribution < 1.29 is 23.8 Å². The van der Waals surface area contributed by atoms with Crippen molar-refractivity contribution in [3.63, 3.8) is 0 Å². The number of ketones is 1. The Balaban J connectivity index is 2.25. The first-order valence-corrected chi connectivity index (χ1v) is 6.67. The van der Waals surface area contributed by atoms with Crippen molar-refractivity contribution in [1.82, 2.24) is 0 Å². The molecule has 2 amide bonds. The van der Waals surface area contributed by atoms with Crippen molar-refractivity contribution in [2.75, 3.05) is 17.7 Å². The smallest absolute Gasteiger partial charge is 0.323 e. The number of para-hydroxylation sites is 1. The number of ether oxygens (including phenoxy) is 1. The quantitative estimate of drug-likeness (QED) is 0.595. The maximum atomic E-state index is 13.5. The molecule has 2 aromatic rings. The highest BCUT2D eigenvalue weighted by atomic mass is 19.1. The van der Waals surface area contributed by atoms with Crippen molar-refractivity contribution in [1.29, 1.82) is 0 Å². The molecule has 0 atom stereocenters. The zero-order valence-corrected chi connectivity index (χ0v) is 12.5. The van der Waals surface area contributed by atoms with Crippen LogP contribution in [0.5, 0.6) is 11.5 Å². The summed E-state index contributed by atoms with van der Waals surface area (Å²) >= 11 is 0. The van der Waals surface area contributed by atoms with Crippen LogP contribution in [0.2, 0.25) is 0 Å². The molecule has 0 spiro atoms. The van der Waals surface area contributed by atoms with Crippen LogP contribution >= 0.6 is 0 Å². The Morgan fingerprint density at radius 1 is 1.13 bits per heavy atom. The standard InChI is InChI=1S/C16H15FN2O4/c1-9(20)10-7-13(15(23-2)8-14(10)21)19-16(22)18-12-6-4-3-5-11(12)17/h3-8,21H,1-2H3,(H2,18,19,22). The maximum absolute atomic E-state index is 13.5. The first kappa shape index (κ1) is 16.3. The molecular weight excluding hydrogens is 303 g/mol. The number of methoxy groups -OCH3 is 1. The van der Waals surface area contributed by atoms with Crippen molar-refractivity contribution in [3.05, 3.63) is 47.8 Å². The molecule has 0 fully saturated rings. The summed E-state index contributed by atoms with van der Waals surface area (Å²) in [6.45, 7) is 1.28. The number of urea groups is 1. The molecule has 7 heteroatoms. The molecular formula is C16H15FN2O4. The van der Waals surface area contributed by atoms with Gasteiger partial charge in [-0.3, -0.25) is 4.79 Å². The van der Waals surface area contributed by atoms with Gasteiger partial charge >= 0.3 is 6.03 Å². The molecule has 0 saturated carbocycles. The van der Waals surface area contributed by atoms with Crippen LogP contribution in [-0.4, -0.2) is 24.0 Å². The van der Waals surface area contributed by atoms with E-state index < -0.39 is 11.8 Å². The topological polar surface area (TPSA) is 87.7 Å². The zero-order valence-electron chi connectivity index (χ0n) is 12.5. The number of hydrogen-bond acceptors (Lipinski definition) is 4. The molecule has 0 radical (unpaired) electrons. The van der Waals surface area contributed by atoms with E-state index in [0.717, 1.165) is 0 Å². The van der Waals surface area contributed by atoms with E-state index in [1.54, 1.807) is 6.07 Å². The normalized spacial score (nSPS) is 10.0. The van der Waals surface area contributed by atoms with Gasteiger partial charge in [0.05, 0.1) is 24.0 Å². The Morgan fingerprint density at radius 3 is 2.39 bits per heavy atom. The largest absolute Gasteiger partial charge is 0.507 e. The van der Waals surface area contributed by atoms with Gasteiger partial charge in [-0.25, -0.2) is 9.18 Å². The molecule has 0 aromatic heterocycles. The van der Waals surface area contributed by atoms with Crippen LogP contribution in [0, 0.1) is 5.82 Å². The third-order valence-corrected chi connectivity index (χ3v) is 3.07. The van der Waals surface area contributed by atoms with Gasteiger partial charge in [0.2, 0.25) is 0 Å². The molecule has 0 aliphatic carbocycles. The van der Waals surface area contributed by atoms with Crippen LogP contribution in [-0.2, 0) is 0 Å². The molecule has 0 unspecified atom stereocenters. The number of halogens is 1. The van der Waals surface area contributed by atoms with Gasteiger partial charge in [-0.2, -0.15) is 0 Å². The fraction of sp³-hybridized carbons (Fsp3) is 0.125. The number of carbonyl (C=O) groups is 2. The van der Waals surface area contributed by atoms with Crippen molar-refractivity contribution in [2.24, 2.45) is 0 Å². The Bertz CT molecular complexity index is 762. The number of benzene rings is 2. The first-order chi connectivity index (χ1) is 10.9. The van der Waals surface area contributed by atoms with E-state index in [9.17, 15) is 19.1 Å². The molecule has 0 aliphatic heterocycles. The predicted molar refractivity (Wildman–Crippen MR) is 83.7 cm³/mol. The van der Waals surface area contributed by atoms with Gasteiger partial charge in [-0.15, -0.1) is 0 Å². The van der Waals surface area contributed by atoms with Crippen LogP contribution in [0.4, 0.5) is 20.6 Å². The number of Topliss-reactive ketones (excluding diaryl/α,β-unsaturated/α-hetero) is 1. The SMILES string of the molecule is COc1cc(O)c(C(C)=O)cc1NC(=O)Nc1ccccc1F. The maximum Gasteiger partial charge on any atom is 0.323 e. The third-order valence-electron chi connectivity index (χ3n) is 3.07. The van der Waals surface area contributed by atoms with Gasteiger partial charge in [0.25, 0.3) is 0 Å². The number of phenols is 1. The lowest BCUT2D eigenvalue weighted by Crippen LogP contribution is -2.20. The summed E-state index contributed by atoms with van der Waals surface area (Å²) in [5.74, 6) is -1.04. The Morgan fingerprint density at radius 2 is 1.78 bits per heavy atom. The van der Waals surface area contributed by atoms with E-state index in [-0.39, 0.29) is 34.2 Å². The lowest BCUT2D eigenvalue weighted by atomic mass is 10.1. The minimum Gasteiger partial charge on any atom is -0.507 e. The molecule has 6 nitrogen and oxygen atoms in total. The summed E-state index contributed by atoms with van der Waals surface area (Å²) in [5, 5.41) is 14.5. The van der Waals surface area contributed by atoms with E-state index in [1.165, 1.54) is 44.4 Å². The molecule has 2 rings (SSSR count). The monoisotopic (exact) mass is 318 g/mol. The molecule has 120 valence electrons. The average molecular weight is 318 g/mol. The number of rotatable bonds is 4. The Hall–Kier alpha value is -3.09. The van der Waals surface area contributed by atoms with E-state index in [4.69, 9.17) is 4.74 Å². The summed E-state index contributed by atoms with van der Waals surface area (Å²) < 4.78 is 18.6. The minimum absolute atomic E-state index is 0.00883. The van der Waals surface area contributed by atoms with E-state index in [0.29, 0.717) is 0 Å². The number of hydrogen-bond donors (Lipinski definition) is 3. The van der Waals surface area contributed by atoms with Crippen molar-refractivity contribution in [2.45, 2.75) is 6.92 Å². The second-order valence-electron chi connectivity index (χ2n) is 4.68. The van der Waals surface area contributed by atoms with Gasteiger partial charge in [0.1, 0.15) is 17.3 Å². The van der Waals surface area contributed by atoms with Crippen LogP contribution in [0.3, 0.4) is 0 Å². The minimum atomic E-state index is -0.714. The van der Waals surface area contributed by atoms with Gasteiger partial charge in [0.15, 0.2) is 5.78 Å². The molecule has 0 aliphatic rings. The molecule has 0 saturated heterocycles. The van der Waals surface area contributed by atoms with E-state index >= 15 is 0 Å². The second kappa shape index (κ2) is 6.78. The molecule has 0 heterocycles. The highest BCUT2D eigenvalue weighted by molar-refractivity contribution is 6.03. The molecule has 2 aromatic carbocycles. The fourth-order valence-corrected chi connectivity index (χ4v) is 1.96. The van der Waals surface area contributed by atoms with Crippen molar-refractivity contribution >= 4 is 23.2 Å². The fourth-order valence-electron chi connectivity index (χ4n) is 1.96. The lowest BCUT2D eigenvalue weighted by Gasteiger charge is -2.13. The summed E-state index contributed by atoms with van der Waals surface area (Å²) in [5.41, 5.74) is 0.214. The molecule has 0 bridgehead atoms. The van der Waals surface area contributed by atoms with Crippen LogP contribution < -0.4 is 15.4 Å². The summed E-state index contributed by atoms with van der Waals surface area (Å²) in [7, 11) is 1.35. The lowest BCUT2D eigenvalue weighted by molar-refractivity contribution is 0.101. The number of nitrogens with one attached hydrogen (secondary N) is 2. The number of phenolic OH excluding ortho intramolecular Hbond substituents is 1. The summed E-state index contributed by atoms with van der Waals surface area (Å²) in [6.07, 6.45) is 0. The van der Waals surface area contributed by atoms with Gasteiger partial charge < -0.3 is 20.5 Å². The van der Waals surface area contributed by atoms with Crippen LogP contribution in [0.25, 0.3) is 0 Å². The zero-order chi connectivity index (χ0) is 17.0. The summed E-state index contributed by atoms with van der Waals surface area (Å²) in [4.78, 5) is 23.4.